The summed E-state index contributed by atoms with van der Waals surface area (Å²) in [7, 11) is 0. The average molecular weight is 260 g/mol. The van der Waals surface area contributed by atoms with E-state index in [9.17, 15) is 9.18 Å². The Morgan fingerprint density at radius 2 is 2.00 bits per heavy atom. The van der Waals surface area contributed by atoms with Gasteiger partial charge in [0.25, 0.3) is 0 Å². The topological polar surface area (TPSA) is 63.3 Å². The minimum atomic E-state index is -0.906. The smallest absolute Gasteiger partial charge is 0.303 e. The van der Waals surface area contributed by atoms with Crippen molar-refractivity contribution in [1.82, 2.24) is 0 Å². The number of aryl methyl sites for hydroxylation is 1. The molecular weight excluding hydrogens is 245 g/mol. The maximum absolute atomic E-state index is 13.6. The standard InChI is InChI=1S/C12H14FNO2.ClH/c13-11-6-9-5-10(14)4-8(9)3-7(11)1-2-12(15)16;/h3,6,10H,1-2,4-5,14H2,(H,15,16);1H/t10-;/m0./s1. The fraction of sp³-hybridized carbons (Fsp3) is 0.417. The summed E-state index contributed by atoms with van der Waals surface area (Å²) in [6.45, 7) is 0. The molecule has 0 saturated carbocycles. The molecule has 3 nitrogen and oxygen atoms in total. The third-order valence-electron chi connectivity index (χ3n) is 2.94. The summed E-state index contributed by atoms with van der Waals surface area (Å²) in [4.78, 5) is 10.4. The van der Waals surface area contributed by atoms with E-state index in [0.29, 0.717) is 12.0 Å². The molecule has 0 aliphatic heterocycles. The van der Waals surface area contributed by atoms with Crippen molar-refractivity contribution in [3.8, 4) is 0 Å². The van der Waals surface area contributed by atoms with E-state index in [2.05, 4.69) is 0 Å². The fourth-order valence-corrected chi connectivity index (χ4v) is 2.16. The molecule has 3 N–H and O–H groups in total. The van der Waals surface area contributed by atoms with E-state index in [-0.39, 0.29) is 37.1 Å². The van der Waals surface area contributed by atoms with Gasteiger partial charge >= 0.3 is 5.97 Å². The summed E-state index contributed by atoms with van der Waals surface area (Å²) >= 11 is 0. The molecule has 1 atom stereocenters. The predicted octanol–water partition coefficient (Wildman–Crippen LogP) is 1.69. The van der Waals surface area contributed by atoms with Crippen LogP contribution in [0.25, 0.3) is 0 Å². The van der Waals surface area contributed by atoms with Crippen molar-refractivity contribution in [2.75, 3.05) is 0 Å². The lowest BCUT2D eigenvalue weighted by molar-refractivity contribution is -0.136. The van der Waals surface area contributed by atoms with E-state index < -0.39 is 5.97 Å². The van der Waals surface area contributed by atoms with Crippen LogP contribution < -0.4 is 5.73 Å². The Balaban J connectivity index is 0.00000144. The first-order chi connectivity index (χ1) is 7.56. The monoisotopic (exact) mass is 259 g/mol. The number of carboxylic acid groups (broad SMARTS) is 1. The lowest BCUT2D eigenvalue weighted by atomic mass is 10.0. The van der Waals surface area contributed by atoms with Crippen LogP contribution in [0, 0.1) is 5.82 Å². The Labute approximate surface area is 105 Å². The minimum Gasteiger partial charge on any atom is -0.481 e. The Morgan fingerprint density at radius 3 is 2.59 bits per heavy atom. The quantitative estimate of drug-likeness (QED) is 0.868. The van der Waals surface area contributed by atoms with Crippen LogP contribution in [-0.4, -0.2) is 17.1 Å². The number of fused-ring (bicyclic) bond motifs is 1. The van der Waals surface area contributed by atoms with Crippen LogP contribution in [0.2, 0.25) is 0 Å². The van der Waals surface area contributed by atoms with Gasteiger partial charge in [0.2, 0.25) is 0 Å². The molecule has 94 valence electrons. The van der Waals surface area contributed by atoms with E-state index in [1.54, 1.807) is 6.07 Å². The van der Waals surface area contributed by atoms with Gasteiger partial charge < -0.3 is 10.8 Å². The summed E-state index contributed by atoms with van der Waals surface area (Å²) in [5.74, 6) is -1.22. The van der Waals surface area contributed by atoms with Crippen molar-refractivity contribution in [2.45, 2.75) is 31.7 Å². The van der Waals surface area contributed by atoms with Gasteiger partial charge in [-0.2, -0.15) is 0 Å². The second-order valence-electron chi connectivity index (χ2n) is 4.27. The molecule has 1 aliphatic rings. The van der Waals surface area contributed by atoms with E-state index in [1.807, 2.05) is 0 Å². The average Bonchev–Trinajstić information content (AvgIpc) is 2.53. The highest BCUT2D eigenvalue weighted by atomic mass is 35.5. The Bertz CT molecular complexity index is 437. The number of carbonyl (C=O) groups is 1. The zero-order valence-corrected chi connectivity index (χ0v) is 10.1. The number of aliphatic carboxylic acids is 1. The normalized spacial score (nSPS) is 17.4. The van der Waals surface area contributed by atoms with E-state index >= 15 is 0 Å². The number of hydrogen-bond acceptors (Lipinski definition) is 2. The predicted molar refractivity (Wildman–Crippen MR) is 65.0 cm³/mol. The van der Waals surface area contributed by atoms with E-state index in [4.69, 9.17) is 10.8 Å². The molecule has 1 aliphatic carbocycles. The highest BCUT2D eigenvalue weighted by Crippen LogP contribution is 2.25. The van der Waals surface area contributed by atoms with E-state index in [1.165, 1.54) is 6.07 Å². The highest BCUT2D eigenvalue weighted by molar-refractivity contribution is 5.85. The Morgan fingerprint density at radius 1 is 1.41 bits per heavy atom. The second-order valence-corrected chi connectivity index (χ2v) is 4.27. The maximum Gasteiger partial charge on any atom is 0.303 e. The van der Waals surface area contributed by atoms with Crippen LogP contribution in [0.3, 0.4) is 0 Å². The first kappa shape index (κ1) is 13.9. The molecule has 0 amide bonds. The summed E-state index contributed by atoms with van der Waals surface area (Å²) < 4.78 is 13.6. The van der Waals surface area contributed by atoms with Gasteiger partial charge in [-0.1, -0.05) is 6.07 Å². The number of nitrogens with two attached hydrogens (primary N) is 1. The van der Waals surface area contributed by atoms with Gasteiger partial charge in [0.1, 0.15) is 5.82 Å². The number of benzene rings is 1. The van der Waals surface area contributed by atoms with E-state index in [0.717, 1.165) is 17.5 Å². The Kier molecular flexibility index (Phi) is 4.48. The number of rotatable bonds is 3. The molecule has 0 spiro atoms. The summed E-state index contributed by atoms with van der Waals surface area (Å²) in [6.07, 6.45) is 1.67. The van der Waals surface area contributed by atoms with Crippen molar-refractivity contribution in [3.63, 3.8) is 0 Å². The first-order valence-electron chi connectivity index (χ1n) is 5.34. The fourth-order valence-electron chi connectivity index (χ4n) is 2.16. The molecule has 1 aromatic rings. The van der Waals surface area contributed by atoms with Gasteiger partial charge in [0, 0.05) is 12.5 Å². The van der Waals surface area contributed by atoms with Crippen LogP contribution in [-0.2, 0) is 24.1 Å². The number of halogens is 2. The molecule has 0 heterocycles. The van der Waals surface area contributed by atoms with Gasteiger partial charge in [-0.3, -0.25) is 4.79 Å². The van der Waals surface area contributed by atoms with Crippen LogP contribution in [0.15, 0.2) is 12.1 Å². The first-order valence-corrected chi connectivity index (χ1v) is 5.34. The van der Waals surface area contributed by atoms with Crippen molar-refractivity contribution in [1.29, 1.82) is 0 Å². The zero-order valence-electron chi connectivity index (χ0n) is 9.28. The molecule has 1 aromatic carbocycles. The molecule has 2 rings (SSSR count). The SMILES string of the molecule is Cl.N[C@@H]1Cc2cc(F)c(CCC(=O)O)cc2C1. The number of carboxylic acids is 1. The van der Waals surface area contributed by atoms with Crippen molar-refractivity contribution < 1.29 is 14.3 Å². The minimum absolute atomic E-state index is 0. The van der Waals surface area contributed by atoms with Gasteiger partial charge in [0.05, 0.1) is 0 Å². The van der Waals surface area contributed by atoms with Crippen molar-refractivity contribution >= 4 is 18.4 Å². The molecule has 0 unspecified atom stereocenters. The van der Waals surface area contributed by atoms with Crippen LogP contribution in [0.5, 0.6) is 0 Å². The van der Waals surface area contributed by atoms with Gasteiger partial charge in [-0.25, -0.2) is 4.39 Å². The van der Waals surface area contributed by atoms with Crippen LogP contribution >= 0.6 is 12.4 Å². The molecule has 0 fully saturated rings. The number of hydrogen-bond donors (Lipinski definition) is 2. The van der Waals surface area contributed by atoms with Gasteiger partial charge in [-0.15, -0.1) is 12.4 Å². The van der Waals surface area contributed by atoms with Crippen LogP contribution in [0.4, 0.5) is 4.39 Å². The van der Waals surface area contributed by atoms with Crippen molar-refractivity contribution in [2.24, 2.45) is 5.73 Å². The lowest BCUT2D eigenvalue weighted by Crippen LogP contribution is -2.18. The molecular formula is C12H15ClFNO2. The third-order valence-corrected chi connectivity index (χ3v) is 2.94. The van der Waals surface area contributed by atoms with Gasteiger partial charge in [-0.05, 0) is 42.0 Å². The molecule has 0 saturated heterocycles. The van der Waals surface area contributed by atoms with Gasteiger partial charge in [0.15, 0.2) is 0 Å². The molecule has 0 aromatic heterocycles. The molecule has 17 heavy (non-hydrogen) atoms. The zero-order chi connectivity index (χ0) is 11.7. The molecule has 5 heteroatoms. The second kappa shape index (κ2) is 5.47. The summed E-state index contributed by atoms with van der Waals surface area (Å²) in [5.41, 5.74) is 8.30. The molecule has 0 radical (unpaired) electrons. The summed E-state index contributed by atoms with van der Waals surface area (Å²) in [5, 5.41) is 8.56. The lowest BCUT2D eigenvalue weighted by Gasteiger charge is -2.05. The van der Waals surface area contributed by atoms with Crippen molar-refractivity contribution in [3.05, 3.63) is 34.6 Å². The third kappa shape index (κ3) is 3.17. The highest BCUT2D eigenvalue weighted by Gasteiger charge is 2.20. The largest absolute Gasteiger partial charge is 0.481 e. The molecule has 0 bridgehead atoms. The van der Waals surface area contributed by atoms with Crippen LogP contribution in [0.1, 0.15) is 23.1 Å². The Hall–Kier alpha value is -1.13. The summed E-state index contributed by atoms with van der Waals surface area (Å²) in [6, 6.07) is 3.34. The maximum atomic E-state index is 13.6.